The smallest absolute Gasteiger partial charge is 0.234 e. The van der Waals surface area contributed by atoms with E-state index in [4.69, 9.17) is 9.47 Å². The number of aromatic nitrogens is 1. The summed E-state index contributed by atoms with van der Waals surface area (Å²) in [5.41, 5.74) is 2.55. The van der Waals surface area contributed by atoms with Crippen LogP contribution in [-0.2, 0) is 22.4 Å². The minimum atomic E-state index is -0.117. The summed E-state index contributed by atoms with van der Waals surface area (Å²) in [6.07, 6.45) is 0.967. The highest BCUT2D eigenvalue weighted by molar-refractivity contribution is 8.01. The molecule has 2 amide bonds. The largest absolute Gasteiger partial charge is 0.497 e. The molecule has 0 saturated heterocycles. The molecular weight excluding hydrogens is 446 g/mol. The van der Waals surface area contributed by atoms with Gasteiger partial charge in [0.15, 0.2) is 4.34 Å². The Morgan fingerprint density at radius 1 is 0.969 bits per heavy atom. The Hall–Kier alpha value is -3.04. The van der Waals surface area contributed by atoms with Gasteiger partial charge >= 0.3 is 0 Å². The number of anilines is 1. The fourth-order valence-electron chi connectivity index (χ4n) is 2.80. The summed E-state index contributed by atoms with van der Waals surface area (Å²) in [6, 6.07) is 14.9. The summed E-state index contributed by atoms with van der Waals surface area (Å²) >= 11 is 2.78. The lowest BCUT2D eigenvalue weighted by atomic mass is 10.1. The Bertz CT molecular complexity index is 1020. The maximum Gasteiger partial charge on any atom is 0.234 e. The van der Waals surface area contributed by atoms with E-state index in [0.717, 1.165) is 27.8 Å². The van der Waals surface area contributed by atoms with Crippen LogP contribution in [0.1, 0.15) is 11.3 Å². The summed E-state index contributed by atoms with van der Waals surface area (Å²) in [5.74, 6) is 1.60. The van der Waals surface area contributed by atoms with Crippen LogP contribution < -0.4 is 20.1 Å². The van der Waals surface area contributed by atoms with Crippen LogP contribution in [0.4, 0.5) is 5.69 Å². The number of hydrogen-bond acceptors (Lipinski definition) is 7. The van der Waals surface area contributed by atoms with E-state index in [0.29, 0.717) is 17.9 Å². The number of benzene rings is 2. The molecule has 0 spiro atoms. The van der Waals surface area contributed by atoms with Gasteiger partial charge in [-0.1, -0.05) is 23.9 Å². The van der Waals surface area contributed by atoms with E-state index in [2.05, 4.69) is 15.6 Å². The van der Waals surface area contributed by atoms with E-state index in [1.807, 2.05) is 29.6 Å². The Balaban J connectivity index is 1.36. The minimum absolute atomic E-state index is 0.0717. The molecule has 0 atom stereocenters. The van der Waals surface area contributed by atoms with Gasteiger partial charge in [0, 0.05) is 17.6 Å². The second kappa shape index (κ2) is 12.1. The number of thioether (sulfide) groups is 1. The lowest BCUT2D eigenvalue weighted by Gasteiger charge is -2.06. The first-order valence-electron chi connectivity index (χ1n) is 9.96. The van der Waals surface area contributed by atoms with Crippen LogP contribution in [0.2, 0.25) is 0 Å². The molecule has 1 aromatic heterocycles. The highest BCUT2D eigenvalue weighted by atomic mass is 32.2. The molecule has 32 heavy (non-hydrogen) atoms. The van der Waals surface area contributed by atoms with Gasteiger partial charge in [0.1, 0.15) is 11.5 Å². The maximum absolute atomic E-state index is 12.2. The summed E-state index contributed by atoms with van der Waals surface area (Å²) in [5, 5.41) is 7.61. The van der Waals surface area contributed by atoms with Crippen LogP contribution in [0.25, 0.3) is 0 Å². The third-order valence-electron chi connectivity index (χ3n) is 4.47. The topological polar surface area (TPSA) is 89.5 Å². The van der Waals surface area contributed by atoms with Crippen LogP contribution >= 0.6 is 23.1 Å². The molecule has 0 saturated carbocycles. The van der Waals surface area contributed by atoms with Crippen molar-refractivity contribution in [2.75, 3.05) is 31.8 Å². The molecule has 1 heterocycles. The van der Waals surface area contributed by atoms with Crippen molar-refractivity contribution in [1.29, 1.82) is 0 Å². The van der Waals surface area contributed by atoms with Gasteiger partial charge in [0.2, 0.25) is 11.8 Å². The molecule has 0 bridgehead atoms. The summed E-state index contributed by atoms with van der Waals surface area (Å²) in [7, 11) is 3.23. The number of methoxy groups -OCH3 is 2. The van der Waals surface area contributed by atoms with Gasteiger partial charge in [-0.05, 0) is 48.4 Å². The quantitative estimate of drug-likeness (QED) is 0.414. The van der Waals surface area contributed by atoms with Gasteiger partial charge in [-0.2, -0.15) is 0 Å². The van der Waals surface area contributed by atoms with Crippen molar-refractivity contribution in [3.05, 3.63) is 65.2 Å². The number of hydrogen-bond donors (Lipinski definition) is 2. The van der Waals surface area contributed by atoms with Crippen molar-refractivity contribution in [1.82, 2.24) is 10.3 Å². The normalized spacial score (nSPS) is 10.4. The molecule has 0 aliphatic heterocycles. The molecule has 0 aliphatic carbocycles. The zero-order chi connectivity index (χ0) is 22.8. The van der Waals surface area contributed by atoms with Gasteiger partial charge in [0.05, 0.1) is 32.1 Å². The van der Waals surface area contributed by atoms with Crippen LogP contribution in [0.3, 0.4) is 0 Å². The average Bonchev–Trinajstić information content (AvgIpc) is 3.26. The fraction of sp³-hybridized carbons (Fsp3) is 0.261. The molecular formula is C23H25N3O4S2. The SMILES string of the molecule is COc1ccc(CCNC(=O)Cc2csc(SCC(=O)Nc3ccc(OC)cc3)n2)cc1. The molecule has 2 aromatic carbocycles. The molecule has 0 fully saturated rings. The van der Waals surface area contributed by atoms with Crippen LogP contribution in [0, 0.1) is 0 Å². The Morgan fingerprint density at radius 3 is 2.28 bits per heavy atom. The van der Waals surface area contributed by atoms with Crippen molar-refractivity contribution in [2.24, 2.45) is 0 Å². The molecule has 168 valence electrons. The number of nitrogens with one attached hydrogen (secondary N) is 2. The van der Waals surface area contributed by atoms with E-state index in [1.165, 1.54) is 23.1 Å². The van der Waals surface area contributed by atoms with Crippen molar-refractivity contribution >= 4 is 40.6 Å². The number of rotatable bonds is 11. The zero-order valence-electron chi connectivity index (χ0n) is 17.9. The number of thiazole rings is 1. The molecule has 0 aliphatic rings. The first kappa shape index (κ1) is 23.6. The van der Waals surface area contributed by atoms with Gasteiger partial charge in [0.25, 0.3) is 0 Å². The average molecular weight is 472 g/mol. The zero-order valence-corrected chi connectivity index (χ0v) is 19.6. The molecule has 3 aromatic rings. The predicted octanol–water partition coefficient (Wildman–Crippen LogP) is 3.79. The maximum atomic E-state index is 12.2. The first-order chi connectivity index (χ1) is 15.6. The van der Waals surface area contributed by atoms with E-state index < -0.39 is 0 Å². The van der Waals surface area contributed by atoms with Crippen molar-refractivity contribution in [3.63, 3.8) is 0 Å². The highest BCUT2D eigenvalue weighted by Crippen LogP contribution is 2.23. The second-order valence-electron chi connectivity index (χ2n) is 6.79. The number of nitrogens with zero attached hydrogens (tertiary/aromatic N) is 1. The Labute approximate surface area is 195 Å². The molecule has 0 radical (unpaired) electrons. The highest BCUT2D eigenvalue weighted by Gasteiger charge is 2.10. The summed E-state index contributed by atoms with van der Waals surface area (Å²) in [4.78, 5) is 28.8. The molecule has 0 unspecified atom stereocenters. The monoisotopic (exact) mass is 471 g/mol. The standard InChI is InChI=1S/C23H25N3O4S2/c1-29-19-7-3-16(4-8-19)11-12-24-21(27)13-18-14-31-23(26-18)32-15-22(28)25-17-5-9-20(30-2)10-6-17/h3-10,14H,11-13,15H2,1-2H3,(H,24,27)(H,25,28). The van der Waals surface area contributed by atoms with E-state index >= 15 is 0 Å². The van der Waals surface area contributed by atoms with Crippen LogP contribution in [-0.4, -0.2) is 43.3 Å². The molecule has 7 nitrogen and oxygen atoms in total. The van der Waals surface area contributed by atoms with Gasteiger partial charge in [-0.25, -0.2) is 4.98 Å². The van der Waals surface area contributed by atoms with Gasteiger partial charge in [-0.3, -0.25) is 9.59 Å². The molecule has 9 heteroatoms. The Morgan fingerprint density at radius 2 is 1.62 bits per heavy atom. The molecule has 2 N–H and O–H groups in total. The number of ether oxygens (including phenoxy) is 2. The lowest BCUT2D eigenvalue weighted by Crippen LogP contribution is -2.27. The van der Waals surface area contributed by atoms with Crippen LogP contribution in [0.15, 0.2) is 58.3 Å². The second-order valence-corrected chi connectivity index (χ2v) is 8.88. The van der Waals surface area contributed by atoms with E-state index in [1.54, 1.807) is 38.5 Å². The lowest BCUT2D eigenvalue weighted by molar-refractivity contribution is -0.120. The first-order valence-corrected chi connectivity index (χ1v) is 11.8. The summed E-state index contributed by atoms with van der Waals surface area (Å²) < 4.78 is 11.0. The van der Waals surface area contributed by atoms with Gasteiger partial charge < -0.3 is 20.1 Å². The fourth-order valence-corrected chi connectivity index (χ4v) is 4.44. The van der Waals surface area contributed by atoms with E-state index in [9.17, 15) is 9.59 Å². The third kappa shape index (κ3) is 7.58. The van der Waals surface area contributed by atoms with Crippen LogP contribution in [0.5, 0.6) is 11.5 Å². The van der Waals surface area contributed by atoms with Crippen molar-refractivity contribution in [3.8, 4) is 11.5 Å². The van der Waals surface area contributed by atoms with E-state index in [-0.39, 0.29) is 24.0 Å². The van der Waals surface area contributed by atoms with Crippen molar-refractivity contribution < 1.29 is 19.1 Å². The Kier molecular flexibility index (Phi) is 8.94. The van der Waals surface area contributed by atoms with Crippen molar-refractivity contribution in [2.45, 2.75) is 17.2 Å². The third-order valence-corrected chi connectivity index (χ3v) is 6.54. The number of amides is 2. The number of carbonyl (C=O) groups excluding carboxylic acids is 2. The van der Waals surface area contributed by atoms with Gasteiger partial charge in [-0.15, -0.1) is 11.3 Å². The molecule has 3 rings (SSSR count). The minimum Gasteiger partial charge on any atom is -0.497 e. The summed E-state index contributed by atoms with van der Waals surface area (Å²) in [6.45, 7) is 0.558. The number of carbonyl (C=O) groups is 2. The predicted molar refractivity (Wildman–Crippen MR) is 128 cm³/mol.